The molecule has 0 aliphatic carbocycles. The predicted molar refractivity (Wildman–Crippen MR) is 71.0 cm³/mol. The van der Waals surface area contributed by atoms with E-state index in [1.54, 1.807) is 24.3 Å². The van der Waals surface area contributed by atoms with Crippen molar-refractivity contribution in [2.75, 3.05) is 5.32 Å². The molecular weight excluding hydrogens is 272 g/mol. The van der Waals surface area contributed by atoms with E-state index in [0.29, 0.717) is 5.02 Å². The Morgan fingerprint density at radius 3 is 2.72 bits per heavy atom. The van der Waals surface area contributed by atoms with Gasteiger partial charge >= 0.3 is 0 Å². The molecule has 1 aromatic heterocycles. The lowest BCUT2D eigenvalue weighted by Gasteiger charge is -2.03. The second-order valence-electron chi connectivity index (χ2n) is 3.50. The van der Waals surface area contributed by atoms with E-state index in [4.69, 9.17) is 23.8 Å². The number of H-pyrrole nitrogens is 1. The van der Waals surface area contributed by atoms with Gasteiger partial charge in [-0.2, -0.15) is 0 Å². The van der Waals surface area contributed by atoms with Crippen LogP contribution in [0.3, 0.4) is 0 Å². The molecule has 18 heavy (non-hydrogen) atoms. The lowest BCUT2D eigenvalue weighted by Crippen LogP contribution is -2.16. The summed E-state index contributed by atoms with van der Waals surface area (Å²) < 4.78 is 0.270. The number of hydrogen-bond acceptors (Lipinski definition) is 4. The fraction of sp³-hybridized carbons (Fsp3) is 0.0909. The van der Waals surface area contributed by atoms with Crippen molar-refractivity contribution in [1.82, 2.24) is 15.0 Å². The van der Waals surface area contributed by atoms with Gasteiger partial charge in [0.2, 0.25) is 16.6 Å². The fourth-order valence-electron chi connectivity index (χ4n) is 1.33. The third-order valence-corrected chi connectivity index (χ3v) is 2.58. The summed E-state index contributed by atoms with van der Waals surface area (Å²) in [7, 11) is 0. The molecule has 7 heteroatoms. The van der Waals surface area contributed by atoms with Crippen molar-refractivity contribution in [1.29, 1.82) is 0 Å². The molecule has 0 unspecified atom stereocenters. The fourth-order valence-corrected chi connectivity index (χ4v) is 1.60. The highest BCUT2D eigenvalue weighted by Crippen LogP contribution is 2.10. The van der Waals surface area contributed by atoms with Crippen molar-refractivity contribution in [3.8, 4) is 0 Å². The van der Waals surface area contributed by atoms with Crippen LogP contribution in [0.15, 0.2) is 30.6 Å². The van der Waals surface area contributed by atoms with Crippen LogP contribution < -0.4 is 5.32 Å². The largest absolute Gasteiger partial charge is 0.301 e. The van der Waals surface area contributed by atoms with Crippen LogP contribution in [0, 0.1) is 4.77 Å². The Bertz CT molecular complexity index is 611. The number of carbonyl (C=O) groups is 1. The zero-order chi connectivity index (χ0) is 13.0. The average molecular weight is 281 g/mol. The van der Waals surface area contributed by atoms with Gasteiger partial charge in [-0.05, 0) is 29.9 Å². The van der Waals surface area contributed by atoms with Crippen molar-refractivity contribution in [2.45, 2.75) is 6.42 Å². The molecule has 92 valence electrons. The van der Waals surface area contributed by atoms with Gasteiger partial charge in [0, 0.05) is 5.02 Å². The van der Waals surface area contributed by atoms with Crippen molar-refractivity contribution in [2.24, 2.45) is 0 Å². The topological polar surface area (TPSA) is 70.7 Å². The molecule has 0 saturated heterocycles. The number of nitrogens with one attached hydrogen (secondary N) is 2. The lowest BCUT2D eigenvalue weighted by molar-refractivity contribution is -0.115. The number of hydrogen-bond donors (Lipinski definition) is 2. The highest BCUT2D eigenvalue weighted by Gasteiger charge is 2.05. The molecule has 0 aliphatic heterocycles. The molecule has 0 atom stereocenters. The average Bonchev–Trinajstić information content (AvgIpc) is 2.32. The van der Waals surface area contributed by atoms with Crippen molar-refractivity contribution in [3.63, 3.8) is 0 Å². The molecule has 0 saturated carbocycles. The molecule has 0 aliphatic rings. The highest BCUT2D eigenvalue weighted by molar-refractivity contribution is 7.71. The Balaban J connectivity index is 2.01. The van der Waals surface area contributed by atoms with Gasteiger partial charge in [0.25, 0.3) is 0 Å². The van der Waals surface area contributed by atoms with Gasteiger partial charge in [-0.3, -0.25) is 10.1 Å². The van der Waals surface area contributed by atoms with E-state index >= 15 is 0 Å². The van der Waals surface area contributed by atoms with Crippen molar-refractivity contribution in [3.05, 3.63) is 45.9 Å². The normalized spacial score (nSPS) is 10.1. The van der Waals surface area contributed by atoms with E-state index in [1.807, 2.05) is 0 Å². The maximum Gasteiger partial charge on any atom is 0.231 e. The smallest absolute Gasteiger partial charge is 0.231 e. The van der Waals surface area contributed by atoms with E-state index < -0.39 is 0 Å². The first-order chi connectivity index (χ1) is 8.63. The molecule has 2 rings (SSSR count). The molecule has 1 aromatic carbocycles. The summed E-state index contributed by atoms with van der Waals surface area (Å²) >= 11 is 10.6. The van der Waals surface area contributed by atoms with Crippen LogP contribution in [0.5, 0.6) is 0 Å². The van der Waals surface area contributed by atoms with Crippen LogP contribution in [0.1, 0.15) is 5.56 Å². The number of rotatable bonds is 3. The predicted octanol–water partition coefficient (Wildman–Crippen LogP) is 2.37. The van der Waals surface area contributed by atoms with Crippen molar-refractivity contribution >= 4 is 35.7 Å². The molecule has 0 radical (unpaired) electrons. The Kier molecular flexibility index (Phi) is 4.01. The Morgan fingerprint density at radius 2 is 2.06 bits per heavy atom. The SMILES string of the molecule is O=C(Cc1ccc(Cl)cc1)Nc1ncnc(=S)[nH]1. The van der Waals surface area contributed by atoms with E-state index in [9.17, 15) is 4.79 Å². The Morgan fingerprint density at radius 1 is 1.33 bits per heavy atom. The summed E-state index contributed by atoms with van der Waals surface area (Å²) in [5.74, 6) is 0.0932. The summed E-state index contributed by atoms with van der Waals surface area (Å²) in [4.78, 5) is 22.0. The van der Waals surface area contributed by atoms with Crippen molar-refractivity contribution < 1.29 is 4.79 Å². The highest BCUT2D eigenvalue weighted by atomic mass is 35.5. The summed E-state index contributed by atoms with van der Waals surface area (Å²) in [6.07, 6.45) is 1.53. The zero-order valence-electron chi connectivity index (χ0n) is 9.18. The summed E-state index contributed by atoms with van der Waals surface area (Å²) in [6.45, 7) is 0. The number of aromatic amines is 1. The first-order valence-electron chi connectivity index (χ1n) is 5.09. The number of carbonyl (C=O) groups excluding carboxylic acids is 1. The van der Waals surface area contributed by atoms with Crippen LogP contribution in [0.2, 0.25) is 5.02 Å². The molecule has 0 bridgehead atoms. The van der Waals surface area contributed by atoms with E-state index in [-0.39, 0.29) is 23.0 Å². The maximum atomic E-state index is 11.7. The standard InChI is InChI=1S/C11H9ClN4OS/c12-8-3-1-7(2-4-8)5-9(17)15-10-13-6-14-11(18)16-10/h1-4,6H,5H2,(H2,13,14,15,16,17,18). The van der Waals surface area contributed by atoms with Gasteiger partial charge in [-0.25, -0.2) is 9.97 Å². The minimum Gasteiger partial charge on any atom is -0.301 e. The number of amides is 1. The quantitative estimate of drug-likeness (QED) is 0.847. The molecular formula is C11H9ClN4OS. The monoisotopic (exact) mass is 280 g/mol. The second-order valence-corrected chi connectivity index (χ2v) is 4.33. The van der Waals surface area contributed by atoms with Crippen LogP contribution in [-0.4, -0.2) is 20.9 Å². The van der Waals surface area contributed by atoms with Gasteiger partial charge in [-0.1, -0.05) is 23.7 Å². The second kappa shape index (κ2) is 5.70. The molecule has 2 aromatic rings. The molecule has 1 heterocycles. The van der Waals surface area contributed by atoms with Gasteiger partial charge in [0.05, 0.1) is 6.42 Å². The maximum absolute atomic E-state index is 11.7. The Hall–Kier alpha value is -1.79. The third-order valence-electron chi connectivity index (χ3n) is 2.12. The van der Waals surface area contributed by atoms with Gasteiger partial charge in [0.15, 0.2) is 0 Å². The van der Waals surface area contributed by atoms with Crippen LogP contribution in [0.4, 0.5) is 5.95 Å². The van der Waals surface area contributed by atoms with Gasteiger partial charge < -0.3 is 4.98 Å². The molecule has 0 spiro atoms. The molecule has 2 N–H and O–H groups in total. The molecule has 1 amide bonds. The van der Waals surface area contributed by atoms with E-state index in [0.717, 1.165) is 5.56 Å². The number of nitrogens with zero attached hydrogens (tertiary/aromatic N) is 2. The zero-order valence-corrected chi connectivity index (χ0v) is 10.8. The number of aromatic nitrogens is 3. The minimum atomic E-state index is -0.193. The van der Waals surface area contributed by atoms with Crippen LogP contribution >= 0.6 is 23.8 Å². The lowest BCUT2D eigenvalue weighted by atomic mass is 10.1. The number of anilines is 1. The minimum absolute atomic E-state index is 0.193. The van der Waals surface area contributed by atoms with Crippen LogP contribution in [-0.2, 0) is 11.2 Å². The van der Waals surface area contributed by atoms with Gasteiger partial charge in [0.1, 0.15) is 6.33 Å². The first-order valence-corrected chi connectivity index (χ1v) is 5.88. The number of benzene rings is 1. The first kappa shape index (κ1) is 12.7. The van der Waals surface area contributed by atoms with E-state index in [2.05, 4.69) is 20.3 Å². The van der Waals surface area contributed by atoms with Crippen LogP contribution in [0.25, 0.3) is 0 Å². The number of halogens is 1. The third kappa shape index (κ3) is 3.61. The molecule has 0 fully saturated rings. The summed E-state index contributed by atoms with van der Waals surface area (Å²) in [6, 6.07) is 7.07. The van der Waals surface area contributed by atoms with Gasteiger partial charge in [-0.15, -0.1) is 0 Å². The van der Waals surface area contributed by atoms with E-state index in [1.165, 1.54) is 6.33 Å². The molecule has 5 nitrogen and oxygen atoms in total. The summed E-state index contributed by atoms with van der Waals surface area (Å²) in [5.41, 5.74) is 0.865. The summed E-state index contributed by atoms with van der Waals surface area (Å²) in [5, 5.41) is 3.24. The Labute approximate surface area is 113 Å².